The average molecular weight is 519 g/mol. The molecule has 4 rings (SSSR count). The summed E-state index contributed by atoms with van der Waals surface area (Å²) in [5.41, 5.74) is 0.482. The number of aliphatic hydroxyl groups is 2. The molecule has 0 spiro atoms. The molecule has 11 nitrogen and oxygen atoms in total. The average Bonchev–Trinajstić information content (AvgIpc) is 3.51. The Bertz CT molecular complexity index is 1010. The first-order valence-electron chi connectivity index (χ1n) is 11.6. The standard InChI is InChI=1S/C21H32ClN4O7P/c1-3-31-34(29,32-4-2)12-30-11-15-16(27)17(28)20(33-15)26-10-9-14-18(23-13-7-5-6-8-13)24-21(22)25-19(14)26/h9-10,13,15-17,20,27-28H,3-8,11-12H2,1-2H3,(H,23,24,25)/t15?,16-,17-,20-/m1/s1. The normalized spacial score (nSPS) is 26.0. The highest BCUT2D eigenvalue weighted by Crippen LogP contribution is 2.48. The van der Waals surface area contributed by atoms with Gasteiger partial charge in [-0.1, -0.05) is 12.8 Å². The van der Waals surface area contributed by atoms with E-state index in [1.807, 2.05) is 6.07 Å². The van der Waals surface area contributed by atoms with E-state index < -0.39 is 32.1 Å². The molecule has 2 aliphatic rings. The molecule has 2 aromatic rings. The second-order valence-corrected chi connectivity index (χ2v) is 10.8. The third kappa shape index (κ3) is 5.57. The minimum absolute atomic E-state index is 0.0727. The Kier molecular flexibility index (Phi) is 8.48. The summed E-state index contributed by atoms with van der Waals surface area (Å²) < 4.78 is 36.0. The maximum atomic E-state index is 12.6. The van der Waals surface area contributed by atoms with Crippen LogP contribution in [0, 0.1) is 0 Å². The smallest absolute Gasteiger partial charge is 0.356 e. The number of ether oxygens (including phenoxy) is 2. The fourth-order valence-corrected chi connectivity index (χ4v) is 5.97. The monoisotopic (exact) mass is 518 g/mol. The Balaban J connectivity index is 1.47. The molecule has 1 unspecified atom stereocenters. The summed E-state index contributed by atoms with van der Waals surface area (Å²) in [5, 5.41) is 25.5. The van der Waals surface area contributed by atoms with Crippen molar-refractivity contribution in [2.24, 2.45) is 0 Å². The van der Waals surface area contributed by atoms with Gasteiger partial charge in [0, 0.05) is 12.2 Å². The number of anilines is 1. The van der Waals surface area contributed by atoms with Gasteiger partial charge in [-0.15, -0.1) is 0 Å². The second kappa shape index (κ2) is 11.2. The predicted octanol–water partition coefficient (Wildman–Crippen LogP) is 3.30. The SMILES string of the molecule is CCOP(=O)(COCC1O[C@@H](n2ccc3c(NC4CCCC4)nc(Cl)nc32)[C@H](O)[C@@H]1O)OCC. The highest BCUT2D eigenvalue weighted by atomic mass is 35.5. The van der Waals surface area contributed by atoms with Crippen LogP contribution in [0.5, 0.6) is 0 Å². The van der Waals surface area contributed by atoms with Gasteiger partial charge in [0.15, 0.2) is 6.23 Å². The van der Waals surface area contributed by atoms with E-state index in [9.17, 15) is 14.8 Å². The number of fused-ring (bicyclic) bond motifs is 1. The highest BCUT2D eigenvalue weighted by molar-refractivity contribution is 7.53. The number of hydrogen-bond donors (Lipinski definition) is 3. The molecule has 2 fully saturated rings. The molecule has 4 atom stereocenters. The van der Waals surface area contributed by atoms with Gasteiger partial charge in [-0.3, -0.25) is 4.57 Å². The topological polar surface area (TPSA) is 137 Å². The van der Waals surface area contributed by atoms with Crippen LogP contribution in [0.4, 0.5) is 5.82 Å². The number of aliphatic hydroxyl groups excluding tert-OH is 2. The minimum Gasteiger partial charge on any atom is -0.387 e. The number of aromatic nitrogens is 3. The summed E-state index contributed by atoms with van der Waals surface area (Å²) in [6, 6.07) is 2.16. The lowest BCUT2D eigenvalue weighted by Gasteiger charge is -2.19. The molecule has 1 saturated carbocycles. The fraction of sp³-hybridized carbons (Fsp3) is 0.714. The molecule has 1 saturated heterocycles. The van der Waals surface area contributed by atoms with Crippen molar-refractivity contribution in [3.8, 4) is 0 Å². The van der Waals surface area contributed by atoms with Crippen LogP contribution in [0.15, 0.2) is 12.3 Å². The summed E-state index contributed by atoms with van der Waals surface area (Å²) in [7, 11) is -3.40. The number of rotatable bonds is 11. The summed E-state index contributed by atoms with van der Waals surface area (Å²) in [4.78, 5) is 8.69. The number of nitrogens with one attached hydrogen (secondary N) is 1. The summed E-state index contributed by atoms with van der Waals surface area (Å²) in [5.74, 6) is 0.635. The first-order valence-corrected chi connectivity index (χ1v) is 13.7. The van der Waals surface area contributed by atoms with Crippen LogP contribution >= 0.6 is 19.2 Å². The van der Waals surface area contributed by atoms with Crippen LogP contribution < -0.4 is 5.32 Å². The molecule has 2 aromatic heterocycles. The lowest BCUT2D eigenvalue weighted by atomic mass is 10.1. The first kappa shape index (κ1) is 25.8. The predicted molar refractivity (Wildman–Crippen MR) is 126 cm³/mol. The van der Waals surface area contributed by atoms with E-state index in [1.165, 1.54) is 12.8 Å². The van der Waals surface area contributed by atoms with Gasteiger partial charge in [0.05, 0.1) is 25.2 Å². The minimum atomic E-state index is -3.40. The Morgan fingerprint density at radius 3 is 2.59 bits per heavy atom. The van der Waals surface area contributed by atoms with Crippen molar-refractivity contribution in [2.45, 2.75) is 70.1 Å². The Hall–Kier alpha value is -1.30. The van der Waals surface area contributed by atoms with Gasteiger partial charge in [-0.25, -0.2) is 4.98 Å². The van der Waals surface area contributed by atoms with Gasteiger partial charge in [-0.2, -0.15) is 4.98 Å². The van der Waals surface area contributed by atoms with Gasteiger partial charge in [0.2, 0.25) is 5.28 Å². The fourth-order valence-electron chi connectivity index (χ4n) is 4.47. The lowest BCUT2D eigenvalue weighted by Crippen LogP contribution is -2.34. The van der Waals surface area contributed by atoms with E-state index in [0.29, 0.717) is 17.5 Å². The van der Waals surface area contributed by atoms with E-state index in [-0.39, 0.29) is 31.5 Å². The molecule has 34 heavy (non-hydrogen) atoms. The quantitative estimate of drug-likeness (QED) is 0.300. The molecule has 0 bridgehead atoms. The maximum absolute atomic E-state index is 12.6. The van der Waals surface area contributed by atoms with Gasteiger partial charge in [0.1, 0.15) is 36.1 Å². The molecule has 1 aliphatic carbocycles. The third-order valence-electron chi connectivity index (χ3n) is 6.04. The molecule has 0 amide bonds. The van der Waals surface area contributed by atoms with Crippen molar-refractivity contribution in [1.29, 1.82) is 0 Å². The van der Waals surface area contributed by atoms with E-state index in [4.69, 9.17) is 30.1 Å². The van der Waals surface area contributed by atoms with Crippen LogP contribution in [0.1, 0.15) is 45.8 Å². The van der Waals surface area contributed by atoms with E-state index in [0.717, 1.165) is 18.2 Å². The van der Waals surface area contributed by atoms with Gasteiger partial charge >= 0.3 is 7.60 Å². The molecule has 3 N–H and O–H groups in total. The Morgan fingerprint density at radius 2 is 1.91 bits per heavy atom. The third-order valence-corrected chi connectivity index (χ3v) is 8.01. The van der Waals surface area contributed by atoms with Crippen molar-refractivity contribution in [3.05, 3.63) is 17.5 Å². The Morgan fingerprint density at radius 1 is 1.21 bits per heavy atom. The van der Waals surface area contributed by atoms with Crippen molar-refractivity contribution >= 4 is 36.0 Å². The molecule has 3 heterocycles. The van der Waals surface area contributed by atoms with Crippen LogP contribution in [-0.2, 0) is 23.1 Å². The van der Waals surface area contributed by atoms with Crippen molar-refractivity contribution in [3.63, 3.8) is 0 Å². The van der Waals surface area contributed by atoms with Gasteiger partial charge in [-0.05, 0) is 44.4 Å². The zero-order valence-corrected chi connectivity index (χ0v) is 21.0. The van der Waals surface area contributed by atoms with E-state index >= 15 is 0 Å². The number of halogens is 1. The molecule has 190 valence electrons. The zero-order valence-electron chi connectivity index (χ0n) is 19.3. The van der Waals surface area contributed by atoms with Crippen LogP contribution in [0.25, 0.3) is 11.0 Å². The second-order valence-electron chi connectivity index (χ2n) is 8.42. The van der Waals surface area contributed by atoms with E-state index in [1.54, 1.807) is 24.6 Å². The molecule has 0 radical (unpaired) electrons. The van der Waals surface area contributed by atoms with Gasteiger partial charge in [0.25, 0.3) is 0 Å². The van der Waals surface area contributed by atoms with Gasteiger partial charge < -0.3 is 38.6 Å². The molecular weight excluding hydrogens is 487 g/mol. The number of hydrogen-bond acceptors (Lipinski definition) is 10. The van der Waals surface area contributed by atoms with Crippen molar-refractivity contribution < 1.29 is 33.3 Å². The largest absolute Gasteiger partial charge is 0.387 e. The van der Waals surface area contributed by atoms with Crippen LogP contribution in [-0.4, -0.2) is 75.3 Å². The van der Waals surface area contributed by atoms with Crippen molar-refractivity contribution in [2.75, 3.05) is 31.5 Å². The number of nitrogens with zero attached hydrogens (tertiary/aromatic N) is 3. The lowest BCUT2D eigenvalue weighted by molar-refractivity contribution is -0.0616. The Labute approximate surface area is 203 Å². The summed E-state index contributed by atoms with van der Waals surface area (Å²) in [6.45, 7) is 3.74. The van der Waals surface area contributed by atoms with Crippen LogP contribution in [0.3, 0.4) is 0 Å². The zero-order chi connectivity index (χ0) is 24.3. The molecule has 0 aromatic carbocycles. The summed E-state index contributed by atoms with van der Waals surface area (Å²) in [6.07, 6.45) is 1.68. The highest BCUT2D eigenvalue weighted by Gasteiger charge is 2.44. The van der Waals surface area contributed by atoms with Crippen LogP contribution in [0.2, 0.25) is 5.28 Å². The first-order chi connectivity index (χ1) is 16.3. The molecule has 1 aliphatic heterocycles. The maximum Gasteiger partial charge on any atom is 0.356 e. The van der Waals surface area contributed by atoms with Crippen molar-refractivity contribution in [1.82, 2.24) is 14.5 Å². The molecular formula is C21H32ClN4O7P. The van der Waals surface area contributed by atoms with E-state index in [2.05, 4.69) is 15.3 Å². The molecule has 13 heteroatoms. The summed E-state index contributed by atoms with van der Waals surface area (Å²) >= 11 is 6.20.